The summed E-state index contributed by atoms with van der Waals surface area (Å²) in [5.41, 5.74) is -0.859. The lowest BCUT2D eigenvalue weighted by Gasteiger charge is -2.21. The van der Waals surface area contributed by atoms with Crippen molar-refractivity contribution < 1.29 is 18.0 Å². The third kappa shape index (κ3) is 4.11. The number of hydrogen-bond donors (Lipinski definition) is 0. The number of carbonyl (C=O) groups is 1. The minimum Gasteiger partial charge on any atom is -0.338 e. The average molecular weight is 359 g/mol. The normalized spacial score (nSPS) is 11.5. The van der Waals surface area contributed by atoms with Crippen LogP contribution in [0.5, 0.6) is 0 Å². The van der Waals surface area contributed by atoms with Crippen LogP contribution in [0.15, 0.2) is 22.7 Å². The molecular weight excluding hydrogens is 346 g/mol. The van der Waals surface area contributed by atoms with Crippen molar-refractivity contribution in [2.75, 3.05) is 19.0 Å². The monoisotopic (exact) mass is 357 g/mol. The SMILES string of the molecule is CCN(CCCl)C(=O)c1cc(C(F)(F)F)ccc1Br. The molecule has 0 aliphatic heterocycles. The first-order chi connectivity index (χ1) is 8.81. The van der Waals surface area contributed by atoms with E-state index in [2.05, 4.69) is 15.9 Å². The molecule has 0 heterocycles. The summed E-state index contributed by atoms with van der Waals surface area (Å²) in [6, 6.07) is 3.01. The first-order valence-electron chi connectivity index (χ1n) is 5.53. The largest absolute Gasteiger partial charge is 0.416 e. The van der Waals surface area contributed by atoms with Crippen molar-refractivity contribution in [3.8, 4) is 0 Å². The molecule has 0 unspecified atom stereocenters. The van der Waals surface area contributed by atoms with E-state index in [4.69, 9.17) is 11.6 Å². The van der Waals surface area contributed by atoms with Gasteiger partial charge in [0, 0.05) is 23.4 Å². The lowest BCUT2D eigenvalue weighted by Crippen LogP contribution is -2.33. The van der Waals surface area contributed by atoms with Crippen LogP contribution in [0.25, 0.3) is 0 Å². The van der Waals surface area contributed by atoms with Gasteiger partial charge >= 0.3 is 6.18 Å². The van der Waals surface area contributed by atoms with Gasteiger partial charge < -0.3 is 4.90 Å². The van der Waals surface area contributed by atoms with E-state index in [-0.39, 0.29) is 11.4 Å². The maximum absolute atomic E-state index is 12.6. The second-order valence-corrected chi connectivity index (χ2v) is 5.00. The van der Waals surface area contributed by atoms with Gasteiger partial charge in [0.1, 0.15) is 0 Å². The second kappa shape index (κ2) is 6.61. The van der Waals surface area contributed by atoms with Crippen LogP contribution in [-0.4, -0.2) is 29.8 Å². The van der Waals surface area contributed by atoms with Gasteiger partial charge in [0.25, 0.3) is 5.91 Å². The highest BCUT2D eigenvalue weighted by Gasteiger charge is 2.32. The fourth-order valence-corrected chi connectivity index (χ4v) is 2.16. The third-order valence-electron chi connectivity index (χ3n) is 2.55. The van der Waals surface area contributed by atoms with Crippen LogP contribution in [0.2, 0.25) is 0 Å². The van der Waals surface area contributed by atoms with Gasteiger partial charge in [0.05, 0.1) is 11.1 Å². The molecule has 0 fully saturated rings. The molecule has 19 heavy (non-hydrogen) atoms. The average Bonchev–Trinajstić information content (AvgIpc) is 2.34. The Bertz CT molecular complexity index is 465. The summed E-state index contributed by atoms with van der Waals surface area (Å²) in [6.45, 7) is 2.42. The molecule has 0 bridgehead atoms. The predicted molar refractivity (Wildman–Crippen MR) is 71.4 cm³/mol. The highest BCUT2D eigenvalue weighted by atomic mass is 79.9. The van der Waals surface area contributed by atoms with E-state index in [1.54, 1.807) is 6.92 Å². The fraction of sp³-hybridized carbons (Fsp3) is 0.417. The van der Waals surface area contributed by atoms with Crippen molar-refractivity contribution >= 4 is 33.4 Å². The lowest BCUT2D eigenvalue weighted by atomic mass is 10.1. The van der Waals surface area contributed by atoms with E-state index in [0.717, 1.165) is 12.1 Å². The lowest BCUT2D eigenvalue weighted by molar-refractivity contribution is -0.137. The molecule has 2 nitrogen and oxygen atoms in total. The highest BCUT2D eigenvalue weighted by molar-refractivity contribution is 9.10. The number of benzene rings is 1. The molecule has 0 aliphatic rings. The Balaban J connectivity index is 3.15. The summed E-state index contributed by atoms with van der Waals surface area (Å²) < 4.78 is 38.2. The summed E-state index contributed by atoms with van der Waals surface area (Å²) in [5, 5.41) is 0. The van der Waals surface area contributed by atoms with Crippen LogP contribution in [0.1, 0.15) is 22.8 Å². The highest BCUT2D eigenvalue weighted by Crippen LogP contribution is 2.32. The zero-order chi connectivity index (χ0) is 14.6. The van der Waals surface area contributed by atoms with E-state index in [1.165, 1.54) is 11.0 Å². The van der Waals surface area contributed by atoms with Crippen LogP contribution >= 0.6 is 27.5 Å². The molecule has 106 valence electrons. The van der Waals surface area contributed by atoms with E-state index < -0.39 is 17.6 Å². The van der Waals surface area contributed by atoms with Gasteiger partial charge in [-0.1, -0.05) is 0 Å². The van der Waals surface area contributed by atoms with Gasteiger partial charge in [0.15, 0.2) is 0 Å². The van der Waals surface area contributed by atoms with Crippen molar-refractivity contribution in [2.24, 2.45) is 0 Å². The minimum atomic E-state index is -4.47. The van der Waals surface area contributed by atoms with Gasteiger partial charge in [-0.05, 0) is 41.1 Å². The molecule has 0 radical (unpaired) electrons. The number of rotatable bonds is 4. The van der Waals surface area contributed by atoms with E-state index >= 15 is 0 Å². The maximum atomic E-state index is 12.6. The Kier molecular flexibility index (Phi) is 5.67. The molecule has 1 amide bonds. The van der Waals surface area contributed by atoms with Gasteiger partial charge in [-0.25, -0.2) is 0 Å². The van der Waals surface area contributed by atoms with Crippen LogP contribution in [0, 0.1) is 0 Å². The summed E-state index contributed by atoms with van der Waals surface area (Å²) >= 11 is 8.66. The Labute approximate surface area is 122 Å². The molecule has 0 atom stereocenters. The predicted octanol–water partition coefficient (Wildman–Crippen LogP) is 4.17. The van der Waals surface area contributed by atoms with Crippen LogP contribution in [0.4, 0.5) is 13.2 Å². The summed E-state index contributed by atoms with van der Waals surface area (Å²) in [4.78, 5) is 13.5. The molecule has 7 heteroatoms. The Morgan fingerprint density at radius 2 is 2.05 bits per heavy atom. The van der Waals surface area contributed by atoms with E-state index in [0.29, 0.717) is 17.6 Å². The standard InChI is InChI=1S/C12H12BrClF3NO/c1-2-18(6-5-14)11(19)9-7-8(12(15,16)17)3-4-10(9)13/h3-4,7H,2,5-6H2,1H3. The third-order valence-corrected chi connectivity index (χ3v) is 3.41. The van der Waals surface area contributed by atoms with E-state index in [1.807, 2.05) is 0 Å². The van der Waals surface area contributed by atoms with Crippen molar-refractivity contribution in [3.05, 3.63) is 33.8 Å². The maximum Gasteiger partial charge on any atom is 0.416 e. The molecule has 1 aromatic rings. The number of nitrogens with zero attached hydrogens (tertiary/aromatic N) is 1. The van der Waals surface area contributed by atoms with Crippen molar-refractivity contribution in [3.63, 3.8) is 0 Å². The van der Waals surface area contributed by atoms with Crippen LogP contribution in [-0.2, 0) is 6.18 Å². The molecule has 0 N–H and O–H groups in total. The van der Waals surface area contributed by atoms with Gasteiger partial charge in [-0.3, -0.25) is 4.79 Å². The molecule has 0 saturated heterocycles. The molecule has 1 rings (SSSR count). The van der Waals surface area contributed by atoms with Crippen molar-refractivity contribution in [1.82, 2.24) is 4.90 Å². The van der Waals surface area contributed by atoms with E-state index in [9.17, 15) is 18.0 Å². The fourth-order valence-electron chi connectivity index (χ4n) is 1.54. The number of hydrogen-bond acceptors (Lipinski definition) is 1. The molecule has 0 spiro atoms. The number of halogens is 5. The second-order valence-electron chi connectivity index (χ2n) is 3.77. The van der Waals surface area contributed by atoms with Crippen LogP contribution in [0.3, 0.4) is 0 Å². The Morgan fingerprint density at radius 1 is 1.42 bits per heavy atom. The summed E-state index contributed by atoms with van der Waals surface area (Å²) in [7, 11) is 0. The summed E-state index contributed by atoms with van der Waals surface area (Å²) in [5.74, 6) is -0.239. The van der Waals surface area contributed by atoms with Crippen molar-refractivity contribution in [2.45, 2.75) is 13.1 Å². The number of alkyl halides is 4. The molecule has 0 aliphatic carbocycles. The first-order valence-corrected chi connectivity index (χ1v) is 6.86. The van der Waals surface area contributed by atoms with Crippen molar-refractivity contribution in [1.29, 1.82) is 0 Å². The van der Waals surface area contributed by atoms with Crippen LogP contribution < -0.4 is 0 Å². The Hall–Kier alpha value is -0.750. The Morgan fingerprint density at radius 3 is 2.53 bits per heavy atom. The number of carbonyl (C=O) groups excluding carboxylic acids is 1. The molecule has 0 saturated carbocycles. The number of amides is 1. The quantitative estimate of drug-likeness (QED) is 0.740. The minimum absolute atomic E-state index is 0.0122. The topological polar surface area (TPSA) is 20.3 Å². The van der Waals surface area contributed by atoms with Gasteiger partial charge in [-0.2, -0.15) is 13.2 Å². The molecular formula is C12H12BrClF3NO. The summed E-state index contributed by atoms with van der Waals surface area (Å²) in [6.07, 6.45) is -4.47. The zero-order valence-corrected chi connectivity index (χ0v) is 12.4. The van der Waals surface area contributed by atoms with Gasteiger partial charge in [0.2, 0.25) is 0 Å². The molecule has 0 aromatic heterocycles. The zero-order valence-electron chi connectivity index (χ0n) is 10.1. The molecule has 1 aromatic carbocycles. The smallest absolute Gasteiger partial charge is 0.338 e. The van der Waals surface area contributed by atoms with Gasteiger partial charge in [-0.15, -0.1) is 11.6 Å². The first kappa shape index (κ1) is 16.3.